The molecule has 0 saturated carbocycles. The van der Waals surface area contributed by atoms with Gasteiger partial charge in [0.1, 0.15) is 5.69 Å². The highest BCUT2D eigenvalue weighted by Crippen LogP contribution is 2.07. The second-order valence-electron chi connectivity index (χ2n) is 2.21. The van der Waals surface area contributed by atoms with Crippen molar-refractivity contribution in [3.63, 3.8) is 0 Å². The van der Waals surface area contributed by atoms with Gasteiger partial charge in [-0.2, -0.15) is 0 Å². The van der Waals surface area contributed by atoms with Crippen molar-refractivity contribution in [1.82, 2.24) is 9.97 Å². The van der Waals surface area contributed by atoms with Gasteiger partial charge in [-0.1, -0.05) is 0 Å². The summed E-state index contributed by atoms with van der Waals surface area (Å²) in [7, 11) is 1.48. The maximum absolute atomic E-state index is 10.7. The molecule has 1 rings (SSSR count). The molecule has 0 fully saturated rings. The Bertz CT molecular complexity index is 312. The molecule has 1 aromatic rings. The molecule has 0 aliphatic heterocycles. The van der Waals surface area contributed by atoms with Crippen molar-refractivity contribution >= 4 is 5.91 Å². The molecule has 0 aliphatic rings. The van der Waals surface area contributed by atoms with Crippen molar-refractivity contribution in [2.75, 3.05) is 7.11 Å². The molecule has 5 heteroatoms. The smallest absolute Gasteiger partial charge is 0.269 e. The molecule has 0 unspecified atom stereocenters. The Hall–Kier alpha value is -1.65. The maximum atomic E-state index is 10.7. The van der Waals surface area contributed by atoms with E-state index in [9.17, 15) is 4.79 Å². The highest BCUT2D eigenvalue weighted by atomic mass is 16.5. The molecule has 0 spiro atoms. The van der Waals surface area contributed by atoms with Crippen molar-refractivity contribution in [3.8, 4) is 5.88 Å². The van der Waals surface area contributed by atoms with Crippen LogP contribution in [0.1, 0.15) is 16.2 Å². The minimum absolute atomic E-state index is 0.177. The summed E-state index contributed by atoms with van der Waals surface area (Å²) in [6.45, 7) is 1.65. The lowest BCUT2D eigenvalue weighted by molar-refractivity contribution is 0.0994. The SMILES string of the molecule is COc1cnc(C(N)=O)c(C)n1. The fraction of sp³-hybridized carbons (Fsp3) is 0.286. The molecule has 0 saturated heterocycles. The van der Waals surface area contributed by atoms with Crippen molar-refractivity contribution in [2.45, 2.75) is 6.92 Å². The van der Waals surface area contributed by atoms with Crippen LogP contribution in [0.5, 0.6) is 5.88 Å². The van der Waals surface area contributed by atoms with Gasteiger partial charge in [0.05, 0.1) is 19.0 Å². The van der Waals surface area contributed by atoms with Gasteiger partial charge in [-0.15, -0.1) is 0 Å². The largest absolute Gasteiger partial charge is 0.480 e. The second-order valence-corrected chi connectivity index (χ2v) is 2.21. The summed E-state index contributed by atoms with van der Waals surface area (Å²) < 4.78 is 4.80. The van der Waals surface area contributed by atoms with Crippen LogP contribution in [-0.2, 0) is 0 Å². The molecule has 1 heterocycles. The van der Waals surface area contributed by atoms with Crippen LogP contribution in [0.4, 0.5) is 0 Å². The Morgan fingerprint density at radius 1 is 1.67 bits per heavy atom. The van der Waals surface area contributed by atoms with E-state index in [1.807, 2.05) is 0 Å². The molecular formula is C7H9N3O2. The van der Waals surface area contributed by atoms with Crippen LogP contribution in [0, 0.1) is 6.92 Å². The Labute approximate surface area is 69.6 Å². The number of ether oxygens (including phenoxy) is 1. The van der Waals surface area contributed by atoms with Crippen LogP contribution in [0.15, 0.2) is 6.20 Å². The van der Waals surface area contributed by atoms with E-state index in [2.05, 4.69) is 9.97 Å². The summed E-state index contributed by atoms with van der Waals surface area (Å²) in [4.78, 5) is 18.4. The molecule has 0 bridgehead atoms. The van der Waals surface area contributed by atoms with Crippen molar-refractivity contribution < 1.29 is 9.53 Å². The fourth-order valence-corrected chi connectivity index (χ4v) is 0.801. The third-order valence-electron chi connectivity index (χ3n) is 1.37. The lowest BCUT2D eigenvalue weighted by atomic mass is 10.3. The molecule has 5 nitrogen and oxygen atoms in total. The third kappa shape index (κ3) is 1.50. The number of rotatable bonds is 2. The number of aryl methyl sites for hydroxylation is 1. The van der Waals surface area contributed by atoms with Crippen molar-refractivity contribution in [3.05, 3.63) is 17.6 Å². The molecule has 1 amide bonds. The van der Waals surface area contributed by atoms with Gasteiger partial charge in [0, 0.05) is 0 Å². The Morgan fingerprint density at radius 2 is 2.33 bits per heavy atom. The van der Waals surface area contributed by atoms with Gasteiger partial charge >= 0.3 is 0 Å². The number of hydrogen-bond acceptors (Lipinski definition) is 4. The first-order valence-electron chi connectivity index (χ1n) is 3.32. The standard InChI is InChI=1S/C7H9N3O2/c1-4-6(7(8)11)9-3-5(10-4)12-2/h3H,1-2H3,(H2,8,11). The van der Waals surface area contributed by atoms with E-state index in [-0.39, 0.29) is 5.69 Å². The minimum Gasteiger partial charge on any atom is -0.480 e. The number of carbonyl (C=O) groups excluding carboxylic acids is 1. The van der Waals surface area contributed by atoms with E-state index in [4.69, 9.17) is 10.5 Å². The number of methoxy groups -OCH3 is 1. The maximum Gasteiger partial charge on any atom is 0.269 e. The number of hydrogen-bond donors (Lipinski definition) is 1. The first-order valence-corrected chi connectivity index (χ1v) is 3.32. The summed E-state index contributed by atoms with van der Waals surface area (Å²) >= 11 is 0. The summed E-state index contributed by atoms with van der Waals surface area (Å²) in [5.74, 6) is -0.208. The van der Waals surface area contributed by atoms with Crippen LogP contribution in [0.25, 0.3) is 0 Å². The van der Waals surface area contributed by atoms with Gasteiger partial charge in [0.25, 0.3) is 5.91 Å². The minimum atomic E-state index is -0.581. The Kier molecular flexibility index (Phi) is 2.23. The number of amides is 1. The predicted molar refractivity (Wildman–Crippen MR) is 41.8 cm³/mol. The molecular weight excluding hydrogens is 158 g/mol. The lowest BCUT2D eigenvalue weighted by Gasteiger charge is -2.01. The van der Waals surface area contributed by atoms with Gasteiger partial charge in [-0.3, -0.25) is 4.79 Å². The van der Waals surface area contributed by atoms with E-state index in [1.54, 1.807) is 6.92 Å². The van der Waals surface area contributed by atoms with Gasteiger partial charge in [-0.25, -0.2) is 9.97 Å². The van der Waals surface area contributed by atoms with E-state index in [1.165, 1.54) is 13.3 Å². The molecule has 12 heavy (non-hydrogen) atoms. The van der Waals surface area contributed by atoms with E-state index in [0.717, 1.165) is 0 Å². The topological polar surface area (TPSA) is 78.1 Å². The first-order chi connectivity index (χ1) is 5.65. The quantitative estimate of drug-likeness (QED) is 0.666. The van der Waals surface area contributed by atoms with Gasteiger partial charge in [0.2, 0.25) is 5.88 Å². The number of aromatic nitrogens is 2. The van der Waals surface area contributed by atoms with E-state index < -0.39 is 5.91 Å². The highest BCUT2D eigenvalue weighted by Gasteiger charge is 2.08. The summed E-state index contributed by atoms with van der Waals surface area (Å²) in [6.07, 6.45) is 1.35. The number of nitrogens with two attached hydrogens (primary N) is 1. The molecule has 0 aromatic carbocycles. The summed E-state index contributed by atoms with van der Waals surface area (Å²) in [6, 6.07) is 0. The Balaban J connectivity index is 3.12. The summed E-state index contributed by atoms with van der Waals surface area (Å²) in [5, 5.41) is 0. The molecule has 0 radical (unpaired) electrons. The highest BCUT2D eigenvalue weighted by molar-refractivity contribution is 5.91. The van der Waals surface area contributed by atoms with E-state index >= 15 is 0 Å². The van der Waals surface area contributed by atoms with Gasteiger partial charge in [-0.05, 0) is 6.92 Å². The van der Waals surface area contributed by atoms with E-state index in [0.29, 0.717) is 11.6 Å². The molecule has 64 valence electrons. The zero-order valence-corrected chi connectivity index (χ0v) is 6.87. The van der Waals surface area contributed by atoms with Crippen LogP contribution in [0.3, 0.4) is 0 Å². The lowest BCUT2D eigenvalue weighted by Crippen LogP contribution is -2.15. The molecule has 0 aliphatic carbocycles. The predicted octanol–water partition coefficient (Wildman–Crippen LogP) is -0.107. The van der Waals surface area contributed by atoms with Crippen molar-refractivity contribution in [1.29, 1.82) is 0 Å². The monoisotopic (exact) mass is 167 g/mol. The number of carbonyl (C=O) groups is 1. The average Bonchev–Trinajstić information content (AvgIpc) is 2.03. The third-order valence-corrected chi connectivity index (χ3v) is 1.37. The van der Waals surface area contributed by atoms with Crippen molar-refractivity contribution in [2.24, 2.45) is 5.73 Å². The normalized spacial score (nSPS) is 9.50. The molecule has 2 N–H and O–H groups in total. The fourth-order valence-electron chi connectivity index (χ4n) is 0.801. The molecule has 1 aromatic heterocycles. The van der Waals surface area contributed by atoms with Crippen LogP contribution < -0.4 is 10.5 Å². The van der Waals surface area contributed by atoms with Gasteiger partial charge in [0.15, 0.2) is 0 Å². The zero-order valence-electron chi connectivity index (χ0n) is 6.87. The number of primary amides is 1. The second kappa shape index (κ2) is 3.17. The van der Waals surface area contributed by atoms with Gasteiger partial charge < -0.3 is 10.5 Å². The number of nitrogens with zero attached hydrogens (tertiary/aromatic N) is 2. The average molecular weight is 167 g/mol. The zero-order chi connectivity index (χ0) is 9.14. The first kappa shape index (κ1) is 8.45. The summed E-state index contributed by atoms with van der Waals surface area (Å²) in [5.41, 5.74) is 5.67. The Morgan fingerprint density at radius 3 is 2.75 bits per heavy atom. The van der Waals surface area contributed by atoms with Crippen LogP contribution >= 0.6 is 0 Å². The molecule has 0 atom stereocenters. The van der Waals surface area contributed by atoms with Crippen LogP contribution in [0.2, 0.25) is 0 Å². The van der Waals surface area contributed by atoms with Crippen LogP contribution in [-0.4, -0.2) is 23.0 Å².